The fraction of sp³-hybridized carbons (Fsp3) is 0.905. The van der Waals surface area contributed by atoms with E-state index in [9.17, 15) is 9.59 Å². The summed E-state index contributed by atoms with van der Waals surface area (Å²) in [5.41, 5.74) is 0. The first-order chi connectivity index (χ1) is 13.1. The van der Waals surface area contributed by atoms with Crippen LogP contribution in [0.2, 0.25) is 18.1 Å². The number of amides is 2. The van der Waals surface area contributed by atoms with E-state index in [0.717, 1.165) is 37.4 Å². The van der Waals surface area contributed by atoms with Crippen LogP contribution in [0.25, 0.3) is 0 Å². The molecule has 7 heteroatoms. The Labute approximate surface area is 173 Å². The Kier molecular flexibility index (Phi) is 14.1. The Morgan fingerprint density at radius 2 is 1.21 bits per heavy atom. The molecule has 2 amide bonds. The van der Waals surface area contributed by atoms with Crippen LogP contribution in [0.15, 0.2) is 10.2 Å². The molecular weight excluding hydrogens is 372 g/mol. The summed E-state index contributed by atoms with van der Waals surface area (Å²) in [5, 5.41) is 6.87. The third-order valence-corrected chi connectivity index (χ3v) is 9.62. The van der Waals surface area contributed by atoms with Crippen molar-refractivity contribution in [1.82, 2.24) is 0 Å². The lowest BCUT2D eigenvalue weighted by Crippen LogP contribution is -2.43. The fourth-order valence-electron chi connectivity index (χ4n) is 3.79. The number of hydrogen-bond donors (Lipinski definition) is 0. The van der Waals surface area contributed by atoms with E-state index in [0.29, 0.717) is 24.4 Å². The largest absolute Gasteiger partial charge is 0.501 e. The average molecular weight is 415 g/mol. The summed E-state index contributed by atoms with van der Waals surface area (Å²) >= 11 is 0. The van der Waals surface area contributed by atoms with Gasteiger partial charge in [-0.1, -0.05) is 84.4 Å². The van der Waals surface area contributed by atoms with Crippen molar-refractivity contribution >= 4 is 20.5 Å². The monoisotopic (exact) mass is 414 g/mol. The first-order valence-electron chi connectivity index (χ1n) is 10.9. The number of unbranched alkanes of at least 4 members (excludes halogenated alkanes) is 4. The predicted molar refractivity (Wildman–Crippen MR) is 116 cm³/mol. The van der Waals surface area contributed by atoms with Gasteiger partial charge >= 0.3 is 12.2 Å². The topological polar surface area (TPSA) is 77.3 Å². The third kappa shape index (κ3) is 13.9. The number of ether oxygens (including phenoxy) is 1. The molecule has 0 aromatic carbocycles. The molecule has 0 unspecified atom stereocenters. The Hall–Kier alpha value is -1.24. The van der Waals surface area contributed by atoms with E-state index in [2.05, 4.69) is 58.7 Å². The number of carbonyl (C=O) groups is 2. The molecule has 0 saturated carbocycles. The van der Waals surface area contributed by atoms with E-state index in [-0.39, 0.29) is 0 Å². The molecule has 0 aromatic rings. The van der Waals surface area contributed by atoms with Gasteiger partial charge in [0.15, 0.2) is 0 Å². The van der Waals surface area contributed by atoms with Gasteiger partial charge in [0.1, 0.15) is 0 Å². The molecule has 0 saturated heterocycles. The Balaban J connectivity index is 4.74. The van der Waals surface area contributed by atoms with E-state index in [1.54, 1.807) is 0 Å². The molecule has 164 valence electrons. The highest BCUT2D eigenvalue weighted by atomic mass is 28.4. The second-order valence-electron chi connectivity index (χ2n) is 9.07. The lowest BCUT2D eigenvalue weighted by atomic mass is 10.2. The molecule has 0 rings (SSSR count). The van der Waals surface area contributed by atoms with Crippen LogP contribution in [0.4, 0.5) is 9.59 Å². The van der Waals surface area contributed by atoms with Crippen molar-refractivity contribution in [2.24, 2.45) is 28.0 Å². The third-order valence-electron chi connectivity index (χ3n) is 4.33. The Bertz CT molecular complexity index is 452. The molecule has 0 aromatic heterocycles. The predicted octanol–water partition coefficient (Wildman–Crippen LogP) is 7.60. The van der Waals surface area contributed by atoms with E-state index in [1.807, 2.05) is 0 Å². The lowest BCUT2D eigenvalue weighted by molar-refractivity contribution is 0.151. The first-order valence-corrected chi connectivity index (χ1v) is 13.4. The van der Waals surface area contributed by atoms with E-state index in [1.165, 1.54) is 12.8 Å². The van der Waals surface area contributed by atoms with Crippen molar-refractivity contribution < 1.29 is 18.8 Å². The van der Waals surface area contributed by atoms with Crippen molar-refractivity contribution in [2.45, 2.75) is 98.7 Å². The fourth-order valence-corrected chi connectivity index (χ4v) is 9.41. The highest BCUT2D eigenvalue weighted by molar-refractivity contribution is 6.75. The SMILES string of the molecule is CCCCCCCOC(=O)/N=N/C(=O)O[Si](CC(C)C)(CC(C)C)CC(C)C. The minimum absolute atomic E-state index is 0.309. The maximum absolute atomic E-state index is 12.3. The standard InChI is InChI=1S/C21H42N2O4Si/c1-8-9-10-11-12-13-26-20(24)22-23-21(25)27-28(14-17(2)3,15-18(4)5)16-19(6)7/h17-19H,8-16H2,1-7H3/b23-22+. The zero-order chi connectivity index (χ0) is 21.6. The van der Waals surface area contributed by atoms with Gasteiger partial charge in [-0.25, -0.2) is 9.59 Å². The maximum Gasteiger partial charge on any atom is 0.452 e. The summed E-state index contributed by atoms with van der Waals surface area (Å²) in [5.74, 6) is 1.31. The first kappa shape index (κ1) is 26.8. The summed E-state index contributed by atoms with van der Waals surface area (Å²) in [7, 11) is -2.32. The summed E-state index contributed by atoms with van der Waals surface area (Å²) in [6.07, 6.45) is 3.74. The van der Waals surface area contributed by atoms with Crippen molar-refractivity contribution in [3.05, 3.63) is 0 Å². The molecule has 0 radical (unpaired) electrons. The average Bonchev–Trinajstić information content (AvgIpc) is 2.53. The van der Waals surface area contributed by atoms with E-state index >= 15 is 0 Å². The van der Waals surface area contributed by atoms with E-state index < -0.39 is 20.5 Å². The number of hydrogen-bond acceptors (Lipinski definition) is 4. The lowest BCUT2D eigenvalue weighted by Gasteiger charge is -2.34. The Morgan fingerprint density at radius 1 is 0.750 bits per heavy atom. The summed E-state index contributed by atoms with van der Waals surface area (Å²) in [6, 6.07) is 2.69. The number of azo groups is 1. The number of nitrogens with zero attached hydrogens (tertiary/aromatic N) is 2. The quantitative estimate of drug-likeness (QED) is 0.177. The van der Waals surface area contributed by atoms with Gasteiger partial charge < -0.3 is 9.16 Å². The second-order valence-corrected chi connectivity index (χ2v) is 12.9. The molecule has 0 spiro atoms. The highest BCUT2D eigenvalue weighted by Gasteiger charge is 2.40. The molecule has 0 aliphatic rings. The zero-order valence-corrected chi connectivity index (χ0v) is 20.1. The van der Waals surface area contributed by atoms with Crippen molar-refractivity contribution in [1.29, 1.82) is 0 Å². The molecule has 0 aliphatic carbocycles. The zero-order valence-electron chi connectivity index (χ0n) is 19.1. The van der Waals surface area contributed by atoms with Crippen LogP contribution in [-0.4, -0.2) is 27.1 Å². The number of carbonyl (C=O) groups excluding carboxylic acids is 2. The molecule has 0 bridgehead atoms. The molecule has 28 heavy (non-hydrogen) atoms. The van der Waals surface area contributed by atoms with Gasteiger partial charge in [-0.05, 0) is 42.3 Å². The highest BCUT2D eigenvalue weighted by Crippen LogP contribution is 2.33. The minimum atomic E-state index is -2.32. The molecule has 0 atom stereocenters. The minimum Gasteiger partial charge on any atom is -0.501 e. The van der Waals surface area contributed by atoms with Crippen molar-refractivity contribution in [2.75, 3.05) is 6.61 Å². The molecular formula is C21H42N2O4Si. The van der Waals surface area contributed by atoms with Crippen molar-refractivity contribution in [3.63, 3.8) is 0 Å². The van der Waals surface area contributed by atoms with Gasteiger partial charge in [-0.3, -0.25) is 0 Å². The molecule has 0 heterocycles. The van der Waals surface area contributed by atoms with Crippen LogP contribution in [0.3, 0.4) is 0 Å². The van der Waals surface area contributed by atoms with Gasteiger partial charge in [0.25, 0.3) is 8.32 Å². The van der Waals surface area contributed by atoms with Crippen LogP contribution in [0.5, 0.6) is 0 Å². The van der Waals surface area contributed by atoms with Crippen LogP contribution in [0, 0.1) is 17.8 Å². The molecule has 0 aliphatic heterocycles. The van der Waals surface area contributed by atoms with Gasteiger partial charge in [0.2, 0.25) is 0 Å². The van der Waals surface area contributed by atoms with Crippen LogP contribution in [0.1, 0.15) is 80.6 Å². The summed E-state index contributed by atoms with van der Waals surface area (Å²) in [6.45, 7) is 15.4. The molecule has 6 nitrogen and oxygen atoms in total. The molecule has 0 N–H and O–H groups in total. The van der Waals surface area contributed by atoms with Gasteiger partial charge in [0, 0.05) is 0 Å². The van der Waals surface area contributed by atoms with Crippen LogP contribution >= 0.6 is 0 Å². The van der Waals surface area contributed by atoms with Gasteiger partial charge in [-0.2, -0.15) is 0 Å². The van der Waals surface area contributed by atoms with Crippen LogP contribution < -0.4 is 0 Å². The van der Waals surface area contributed by atoms with E-state index in [4.69, 9.17) is 9.16 Å². The van der Waals surface area contributed by atoms with Gasteiger partial charge in [-0.15, -0.1) is 0 Å². The van der Waals surface area contributed by atoms with Crippen molar-refractivity contribution in [3.8, 4) is 0 Å². The smallest absolute Gasteiger partial charge is 0.452 e. The Morgan fingerprint density at radius 3 is 1.68 bits per heavy atom. The maximum atomic E-state index is 12.3. The normalized spacial score (nSPS) is 12.4. The van der Waals surface area contributed by atoms with Crippen LogP contribution in [-0.2, 0) is 9.16 Å². The second kappa shape index (κ2) is 14.7. The van der Waals surface area contributed by atoms with Gasteiger partial charge in [0.05, 0.1) is 6.61 Å². The summed E-state index contributed by atoms with van der Waals surface area (Å²) in [4.78, 5) is 24.0. The number of rotatable bonds is 13. The molecule has 0 fully saturated rings. The summed E-state index contributed by atoms with van der Waals surface area (Å²) < 4.78 is 10.9.